The lowest BCUT2D eigenvalue weighted by Gasteiger charge is -2.28. The highest BCUT2D eigenvalue weighted by Crippen LogP contribution is 2.27. The van der Waals surface area contributed by atoms with Gasteiger partial charge >= 0.3 is 0 Å². The minimum Gasteiger partial charge on any atom is -0.284 e. The Morgan fingerprint density at radius 3 is 2.38 bits per heavy atom. The first-order chi connectivity index (χ1) is 12.2. The summed E-state index contributed by atoms with van der Waals surface area (Å²) in [5.74, 6) is -0.546. The molecule has 0 saturated carbocycles. The molecule has 0 fully saturated rings. The van der Waals surface area contributed by atoms with Crippen molar-refractivity contribution in [1.29, 1.82) is 0 Å². The highest BCUT2D eigenvalue weighted by molar-refractivity contribution is 7.92. The predicted octanol–water partition coefficient (Wildman–Crippen LogP) is 2.33. The van der Waals surface area contributed by atoms with E-state index in [2.05, 4.69) is 4.72 Å². The van der Waals surface area contributed by atoms with Crippen LogP contribution in [0.3, 0.4) is 0 Å². The van der Waals surface area contributed by atoms with Crippen LogP contribution in [-0.2, 0) is 33.0 Å². The Balaban J connectivity index is 1.87. The van der Waals surface area contributed by atoms with Gasteiger partial charge in [0, 0.05) is 18.8 Å². The van der Waals surface area contributed by atoms with Gasteiger partial charge in [-0.2, -0.15) is 4.31 Å². The average Bonchev–Trinajstić information content (AvgIpc) is 2.61. The van der Waals surface area contributed by atoms with Crippen LogP contribution < -0.4 is 4.72 Å². The molecule has 2 aromatic carbocycles. The summed E-state index contributed by atoms with van der Waals surface area (Å²) < 4.78 is 65.8. The molecule has 0 aliphatic carbocycles. The van der Waals surface area contributed by atoms with E-state index in [0.29, 0.717) is 18.7 Å². The molecule has 1 aliphatic rings. The first-order valence-electron chi connectivity index (χ1n) is 8.09. The smallest absolute Gasteiger partial charge is 0.243 e. The third kappa shape index (κ3) is 3.89. The van der Waals surface area contributed by atoms with E-state index in [-0.39, 0.29) is 17.2 Å². The van der Waals surface area contributed by atoms with Gasteiger partial charge in [0.05, 0.1) is 10.6 Å². The van der Waals surface area contributed by atoms with Crippen molar-refractivity contribution in [1.82, 2.24) is 4.31 Å². The van der Waals surface area contributed by atoms with Crippen LogP contribution in [0.4, 0.5) is 10.1 Å². The third-order valence-corrected chi connectivity index (χ3v) is 7.45. The Hall–Kier alpha value is -1.97. The van der Waals surface area contributed by atoms with Crippen LogP contribution in [0.15, 0.2) is 47.4 Å². The lowest BCUT2D eigenvalue weighted by molar-refractivity contribution is 0.391. The van der Waals surface area contributed by atoms with Gasteiger partial charge in [-0.15, -0.1) is 0 Å². The minimum atomic E-state index is -3.75. The molecular formula is C17H19FN2O4S2. The van der Waals surface area contributed by atoms with Crippen molar-refractivity contribution in [3.8, 4) is 0 Å². The van der Waals surface area contributed by atoms with E-state index < -0.39 is 25.9 Å². The zero-order valence-corrected chi connectivity index (χ0v) is 15.8. The van der Waals surface area contributed by atoms with Crippen molar-refractivity contribution >= 4 is 25.7 Å². The van der Waals surface area contributed by atoms with E-state index in [4.69, 9.17) is 0 Å². The van der Waals surface area contributed by atoms with Gasteiger partial charge in [-0.1, -0.05) is 6.07 Å². The SMILES string of the molecule is CCS(=O)(=O)Nc1ccc2c(c1)CN(S(=O)(=O)c1ccc(F)cc1)CC2. The number of nitrogens with zero attached hydrogens (tertiary/aromatic N) is 1. The molecule has 1 heterocycles. The second-order valence-corrected chi connectivity index (χ2v) is 9.98. The molecular weight excluding hydrogens is 379 g/mol. The van der Waals surface area contributed by atoms with Gasteiger partial charge in [0.25, 0.3) is 0 Å². The lowest BCUT2D eigenvalue weighted by Crippen LogP contribution is -2.36. The molecule has 9 heteroatoms. The second-order valence-electron chi connectivity index (χ2n) is 6.03. The minimum absolute atomic E-state index is 0.0326. The molecule has 0 bridgehead atoms. The molecule has 1 N–H and O–H groups in total. The molecule has 0 saturated heterocycles. The largest absolute Gasteiger partial charge is 0.284 e. The molecule has 140 valence electrons. The summed E-state index contributed by atoms with van der Waals surface area (Å²) in [7, 11) is -7.15. The zero-order chi connectivity index (χ0) is 18.9. The number of benzene rings is 2. The van der Waals surface area contributed by atoms with Crippen molar-refractivity contribution in [2.45, 2.75) is 24.8 Å². The highest BCUT2D eigenvalue weighted by atomic mass is 32.2. The van der Waals surface area contributed by atoms with E-state index in [1.807, 2.05) is 6.07 Å². The Morgan fingerprint density at radius 1 is 1.04 bits per heavy atom. The maximum absolute atomic E-state index is 13.1. The molecule has 0 atom stereocenters. The summed E-state index contributed by atoms with van der Waals surface area (Å²) in [6.45, 7) is 1.99. The van der Waals surface area contributed by atoms with Gasteiger partial charge in [-0.25, -0.2) is 21.2 Å². The summed E-state index contributed by atoms with van der Waals surface area (Å²) in [6, 6.07) is 9.86. The number of sulfonamides is 2. The highest BCUT2D eigenvalue weighted by Gasteiger charge is 2.28. The van der Waals surface area contributed by atoms with E-state index in [1.54, 1.807) is 12.1 Å². The second kappa shape index (κ2) is 6.98. The normalized spacial score (nSPS) is 15.5. The molecule has 1 aliphatic heterocycles. The Kier molecular flexibility index (Phi) is 5.05. The molecule has 6 nitrogen and oxygen atoms in total. The van der Waals surface area contributed by atoms with Crippen LogP contribution in [0.25, 0.3) is 0 Å². The van der Waals surface area contributed by atoms with Crippen LogP contribution >= 0.6 is 0 Å². The van der Waals surface area contributed by atoms with Crippen LogP contribution in [0.2, 0.25) is 0 Å². The van der Waals surface area contributed by atoms with Gasteiger partial charge in [0.15, 0.2) is 0 Å². The Bertz CT molecular complexity index is 1020. The summed E-state index contributed by atoms with van der Waals surface area (Å²) in [6.07, 6.45) is 0.524. The predicted molar refractivity (Wildman–Crippen MR) is 97.2 cm³/mol. The fourth-order valence-electron chi connectivity index (χ4n) is 2.81. The molecule has 26 heavy (non-hydrogen) atoms. The first kappa shape index (κ1) is 18.8. The summed E-state index contributed by atoms with van der Waals surface area (Å²) >= 11 is 0. The summed E-state index contributed by atoms with van der Waals surface area (Å²) in [5.41, 5.74) is 2.14. The maximum atomic E-state index is 13.1. The van der Waals surface area contributed by atoms with E-state index >= 15 is 0 Å². The molecule has 3 rings (SSSR count). The topological polar surface area (TPSA) is 83.6 Å². The van der Waals surface area contributed by atoms with Gasteiger partial charge in [0.1, 0.15) is 5.82 Å². The Labute approximate surface area is 152 Å². The molecule has 0 spiro atoms. The van der Waals surface area contributed by atoms with Gasteiger partial charge < -0.3 is 0 Å². The van der Waals surface area contributed by atoms with Crippen LogP contribution in [0, 0.1) is 5.82 Å². The van der Waals surface area contributed by atoms with Gasteiger partial charge in [-0.3, -0.25) is 4.72 Å². The number of hydrogen-bond donors (Lipinski definition) is 1. The molecule has 0 amide bonds. The molecule has 2 aromatic rings. The van der Waals surface area contributed by atoms with E-state index in [0.717, 1.165) is 23.3 Å². The monoisotopic (exact) mass is 398 g/mol. The van der Waals surface area contributed by atoms with E-state index in [9.17, 15) is 21.2 Å². The third-order valence-electron chi connectivity index (χ3n) is 4.29. The standard InChI is InChI=1S/C17H19FN2O4S2/c1-2-25(21,22)19-16-6-3-13-9-10-20(12-14(13)11-16)26(23,24)17-7-4-15(18)5-8-17/h3-8,11,19H,2,9-10,12H2,1H3. The summed E-state index contributed by atoms with van der Waals surface area (Å²) in [4.78, 5) is 0.0326. The van der Waals surface area contributed by atoms with Crippen molar-refractivity contribution in [3.63, 3.8) is 0 Å². The number of anilines is 1. The molecule has 0 radical (unpaired) electrons. The fourth-order valence-corrected chi connectivity index (χ4v) is 4.86. The molecule has 0 unspecified atom stereocenters. The summed E-state index contributed by atoms with van der Waals surface area (Å²) in [5, 5.41) is 0. The number of halogens is 1. The van der Waals surface area contributed by atoms with Crippen molar-refractivity contribution in [3.05, 3.63) is 59.4 Å². The average molecular weight is 398 g/mol. The van der Waals surface area contributed by atoms with Gasteiger partial charge in [0.2, 0.25) is 20.0 Å². The van der Waals surface area contributed by atoms with Crippen molar-refractivity contribution in [2.24, 2.45) is 0 Å². The van der Waals surface area contributed by atoms with Crippen molar-refractivity contribution in [2.75, 3.05) is 17.0 Å². The number of hydrogen-bond acceptors (Lipinski definition) is 4. The lowest BCUT2D eigenvalue weighted by atomic mass is 10.0. The van der Waals surface area contributed by atoms with Crippen molar-refractivity contribution < 1.29 is 21.2 Å². The fraction of sp³-hybridized carbons (Fsp3) is 0.294. The number of rotatable bonds is 5. The number of nitrogens with one attached hydrogen (secondary N) is 1. The number of fused-ring (bicyclic) bond motifs is 1. The Morgan fingerprint density at radius 2 is 1.73 bits per heavy atom. The van der Waals surface area contributed by atoms with Crippen LogP contribution in [0.5, 0.6) is 0 Å². The first-order valence-corrected chi connectivity index (χ1v) is 11.2. The zero-order valence-electron chi connectivity index (χ0n) is 14.1. The van der Waals surface area contributed by atoms with Crippen LogP contribution in [0.1, 0.15) is 18.1 Å². The van der Waals surface area contributed by atoms with E-state index in [1.165, 1.54) is 23.4 Å². The quantitative estimate of drug-likeness (QED) is 0.838. The molecule has 0 aromatic heterocycles. The van der Waals surface area contributed by atoms with Crippen LogP contribution in [-0.4, -0.2) is 33.4 Å². The van der Waals surface area contributed by atoms with Gasteiger partial charge in [-0.05, 0) is 60.9 Å². The maximum Gasteiger partial charge on any atom is 0.243 e.